The van der Waals surface area contributed by atoms with Crippen molar-refractivity contribution in [2.24, 2.45) is 0 Å². The fourth-order valence-corrected chi connectivity index (χ4v) is 3.27. The third kappa shape index (κ3) is 2.67. The second-order valence-electron chi connectivity index (χ2n) is 4.76. The molecule has 2 N–H and O–H groups in total. The van der Waals surface area contributed by atoms with E-state index in [-0.39, 0.29) is 6.16 Å². The summed E-state index contributed by atoms with van der Waals surface area (Å²) >= 11 is 3.46. The Hall–Kier alpha value is -1.13. The van der Waals surface area contributed by atoms with Gasteiger partial charge in [0.05, 0.1) is 6.16 Å². The van der Waals surface area contributed by atoms with Crippen LogP contribution in [0.25, 0.3) is 21.7 Å². The summed E-state index contributed by atoms with van der Waals surface area (Å²) in [5.74, 6) is 0. The Morgan fingerprint density at radius 3 is 2.65 bits per heavy atom. The summed E-state index contributed by atoms with van der Waals surface area (Å²) in [6.07, 6.45) is 1.73. The van der Waals surface area contributed by atoms with Gasteiger partial charge in [0, 0.05) is 28.1 Å². The molecule has 0 bridgehead atoms. The summed E-state index contributed by atoms with van der Waals surface area (Å²) in [5, 5.41) is 3.38. The van der Waals surface area contributed by atoms with Gasteiger partial charge in [-0.15, -0.1) is 0 Å². The Kier molecular flexibility index (Phi) is 3.46. The first-order chi connectivity index (χ1) is 9.44. The van der Waals surface area contributed by atoms with Crippen LogP contribution >= 0.6 is 23.5 Å². The number of hydrogen-bond acceptors (Lipinski definition) is 1. The largest absolute Gasteiger partial charge is 0.347 e. The highest BCUT2D eigenvalue weighted by atomic mass is 79.9. The Morgan fingerprint density at radius 2 is 1.90 bits per heavy atom. The topological polar surface area (TPSA) is 62.5 Å². The molecule has 104 valence electrons. The van der Waals surface area contributed by atoms with E-state index in [0.29, 0.717) is 6.54 Å². The van der Waals surface area contributed by atoms with E-state index in [9.17, 15) is 4.57 Å². The van der Waals surface area contributed by atoms with Gasteiger partial charge in [0.2, 0.25) is 0 Å². The molecule has 1 heterocycles. The summed E-state index contributed by atoms with van der Waals surface area (Å²) in [7, 11) is -3.97. The lowest BCUT2D eigenvalue weighted by Gasteiger charge is -2.08. The first-order valence-corrected chi connectivity index (χ1v) is 8.75. The second-order valence-corrected chi connectivity index (χ2v) is 7.45. The highest BCUT2D eigenvalue weighted by Gasteiger charge is 2.13. The summed E-state index contributed by atoms with van der Waals surface area (Å²) < 4.78 is 13.9. The molecule has 3 rings (SSSR count). The normalized spacial score (nSPS) is 12.3. The van der Waals surface area contributed by atoms with Gasteiger partial charge in [-0.25, -0.2) is 0 Å². The molecule has 0 saturated heterocycles. The number of benzene rings is 2. The van der Waals surface area contributed by atoms with E-state index in [2.05, 4.69) is 28.1 Å². The molecular formula is C14H13BrNO3P. The minimum atomic E-state index is -3.97. The van der Waals surface area contributed by atoms with Crippen LogP contribution in [-0.4, -0.2) is 20.5 Å². The minimum Gasteiger partial charge on any atom is -0.347 e. The highest BCUT2D eigenvalue weighted by Crippen LogP contribution is 2.35. The maximum Gasteiger partial charge on any atom is 0.327 e. The zero-order valence-corrected chi connectivity index (χ0v) is 13.0. The van der Waals surface area contributed by atoms with E-state index >= 15 is 0 Å². The van der Waals surface area contributed by atoms with Crippen molar-refractivity contribution in [1.29, 1.82) is 0 Å². The van der Waals surface area contributed by atoms with Crippen LogP contribution in [0.1, 0.15) is 0 Å². The molecule has 2 aromatic carbocycles. The van der Waals surface area contributed by atoms with E-state index in [1.807, 2.05) is 35.0 Å². The number of aryl methyl sites for hydroxylation is 1. The molecular weight excluding hydrogens is 341 g/mol. The van der Waals surface area contributed by atoms with Crippen molar-refractivity contribution in [3.05, 3.63) is 47.1 Å². The van der Waals surface area contributed by atoms with Crippen molar-refractivity contribution in [3.8, 4) is 0 Å². The fraction of sp³-hybridized carbons (Fsp3) is 0.143. The SMILES string of the molecule is O=P(O)(O)CCn1ccc2c3ccc(Br)cc3ccc21. The monoisotopic (exact) mass is 353 g/mol. The first kappa shape index (κ1) is 13.8. The van der Waals surface area contributed by atoms with Crippen molar-refractivity contribution in [2.45, 2.75) is 6.54 Å². The molecule has 4 nitrogen and oxygen atoms in total. The van der Waals surface area contributed by atoms with Crippen LogP contribution in [0.3, 0.4) is 0 Å². The summed E-state index contributed by atoms with van der Waals surface area (Å²) in [6, 6.07) is 12.1. The number of hydrogen-bond donors (Lipinski definition) is 2. The van der Waals surface area contributed by atoms with Crippen molar-refractivity contribution in [3.63, 3.8) is 0 Å². The average molecular weight is 354 g/mol. The number of aromatic nitrogens is 1. The number of fused-ring (bicyclic) bond motifs is 3. The lowest BCUT2D eigenvalue weighted by Crippen LogP contribution is -2.01. The van der Waals surface area contributed by atoms with Gasteiger partial charge in [-0.05, 0) is 35.0 Å². The van der Waals surface area contributed by atoms with Crippen LogP contribution in [-0.2, 0) is 11.1 Å². The van der Waals surface area contributed by atoms with Crippen LogP contribution < -0.4 is 0 Å². The van der Waals surface area contributed by atoms with Gasteiger partial charge in [-0.1, -0.05) is 28.1 Å². The molecule has 6 heteroatoms. The zero-order valence-electron chi connectivity index (χ0n) is 10.5. The van der Waals surface area contributed by atoms with Gasteiger partial charge in [0.15, 0.2) is 0 Å². The molecule has 20 heavy (non-hydrogen) atoms. The van der Waals surface area contributed by atoms with Gasteiger partial charge < -0.3 is 14.4 Å². The Labute approximate surface area is 124 Å². The van der Waals surface area contributed by atoms with E-state index in [1.54, 1.807) is 0 Å². The fourth-order valence-electron chi connectivity index (χ4n) is 2.42. The van der Waals surface area contributed by atoms with Crippen LogP contribution in [0.5, 0.6) is 0 Å². The Balaban J connectivity index is 2.09. The lowest BCUT2D eigenvalue weighted by atomic mass is 10.1. The van der Waals surface area contributed by atoms with E-state index < -0.39 is 7.60 Å². The quantitative estimate of drug-likeness (QED) is 0.705. The van der Waals surface area contributed by atoms with E-state index in [0.717, 1.165) is 26.1 Å². The molecule has 0 spiro atoms. The van der Waals surface area contributed by atoms with Gasteiger partial charge in [0.1, 0.15) is 0 Å². The molecule has 0 fully saturated rings. The molecule has 0 aliphatic rings. The number of halogens is 1. The third-order valence-electron chi connectivity index (χ3n) is 3.36. The summed E-state index contributed by atoms with van der Waals surface area (Å²) in [5.41, 5.74) is 0.994. The van der Waals surface area contributed by atoms with Gasteiger partial charge in [0.25, 0.3) is 0 Å². The van der Waals surface area contributed by atoms with Crippen LogP contribution in [0.2, 0.25) is 0 Å². The Bertz CT molecular complexity index is 837. The predicted molar refractivity (Wildman–Crippen MR) is 84.1 cm³/mol. The summed E-state index contributed by atoms with van der Waals surface area (Å²) in [4.78, 5) is 18.0. The van der Waals surface area contributed by atoms with Crippen LogP contribution in [0.4, 0.5) is 0 Å². The zero-order chi connectivity index (χ0) is 14.3. The second kappa shape index (κ2) is 5.01. The van der Waals surface area contributed by atoms with E-state index in [1.165, 1.54) is 0 Å². The average Bonchev–Trinajstić information content (AvgIpc) is 2.78. The maximum atomic E-state index is 11.0. The minimum absolute atomic E-state index is 0.144. The van der Waals surface area contributed by atoms with Gasteiger partial charge in [-0.2, -0.15) is 0 Å². The van der Waals surface area contributed by atoms with Crippen molar-refractivity contribution in [2.75, 3.05) is 6.16 Å². The predicted octanol–water partition coefficient (Wildman–Crippen LogP) is 3.73. The Morgan fingerprint density at radius 1 is 1.10 bits per heavy atom. The van der Waals surface area contributed by atoms with Crippen LogP contribution in [0.15, 0.2) is 47.1 Å². The molecule has 0 aliphatic heterocycles. The molecule has 0 saturated carbocycles. The molecule has 0 unspecified atom stereocenters. The first-order valence-electron chi connectivity index (χ1n) is 6.16. The highest BCUT2D eigenvalue weighted by molar-refractivity contribution is 9.10. The maximum absolute atomic E-state index is 11.0. The molecule has 0 radical (unpaired) electrons. The molecule has 0 atom stereocenters. The van der Waals surface area contributed by atoms with Crippen molar-refractivity contribution >= 4 is 45.2 Å². The number of rotatable bonds is 3. The van der Waals surface area contributed by atoms with Gasteiger partial charge in [-0.3, -0.25) is 4.57 Å². The smallest absolute Gasteiger partial charge is 0.327 e. The van der Waals surface area contributed by atoms with E-state index in [4.69, 9.17) is 9.79 Å². The summed E-state index contributed by atoms with van der Waals surface area (Å²) in [6.45, 7) is 0.315. The lowest BCUT2D eigenvalue weighted by molar-refractivity contribution is 0.370. The van der Waals surface area contributed by atoms with Crippen LogP contribution in [0, 0.1) is 0 Å². The third-order valence-corrected chi connectivity index (χ3v) is 4.64. The molecule has 0 aliphatic carbocycles. The molecule has 1 aromatic heterocycles. The molecule has 0 amide bonds. The van der Waals surface area contributed by atoms with Crippen molar-refractivity contribution in [1.82, 2.24) is 4.57 Å². The van der Waals surface area contributed by atoms with Gasteiger partial charge >= 0.3 is 7.60 Å². The van der Waals surface area contributed by atoms with Crippen molar-refractivity contribution < 1.29 is 14.4 Å². The number of nitrogens with zero attached hydrogens (tertiary/aromatic N) is 1. The standard InChI is InChI=1S/C14H13BrNO3P/c15-11-2-3-12-10(9-11)1-4-14-13(12)5-6-16(14)7-8-20(17,18)19/h1-6,9H,7-8H2,(H2,17,18,19). The molecule has 3 aromatic rings.